The van der Waals surface area contributed by atoms with Crippen LogP contribution in [0.25, 0.3) is 16.8 Å². The van der Waals surface area contributed by atoms with Gasteiger partial charge in [-0.3, -0.25) is 0 Å². The minimum atomic E-state index is 0.744. The van der Waals surface area contributed by atoms with Gasteiger partial charge in [0.2, 0.25) is 0 Å². The average molecular weight is 310 g/mol. The third-order valence-corrected chi connectivity index (χ3v) is 4.10. The molecule has 0 unspecified atom stereocenters. The Morgan fingerprint density at radius 2 is 2.04 bits per heavy atom. The summed E-state index contributed by atoms with van der Waals surface area (Å²) in [6, 6.07) is 9.95. The zero-order valence-electron chi connectivity index (χ0n) is 13.0. The first-order valence-corrected chi connectivity index (χ1v) is 7.67. The molecule has 0 spiro atoms. The van der Waals surface area contributed by atoms with E-state index in [1.807, 2.05) is 47.2 Å². The number of fused-ring (bicyclic) bond motifs is 1. The molecule has 1 aliphatic rings. The van der Waals surface area contributed by atoms with E-state index in [-0.39, 0.29) is 0 Å². The summed E-state index contributed by atoms with van der Waals surface area (Å²) in [5.41, 5.74) is 2.90. The Labute approximate surface area is 134 Å². The quantitative estimate of drug-likeness (QED) is 0.742. The van der Waals surface area contributed by atoms with Crippen LogP contribution in [0.3, 0.4) is 0 Å². The average Bonchev–Trinajstić information content (AvgIpc) is 3.06. The number of morpholine rings is 1. The normalized spacial score (nSPS) is 15.1. The van der Waals surface area contributed by atoms with E-state index in [4.69, 9.17) is 9.47 Å². The molecule has 0 atom stereocenters. The summed E-state index contributed by atoms with van der Waals surface area (Å²) in [5.74, 6) is 1.87. The lowest BCUT2D eigenvalue weighted by Crippen LogP contribution is -2.37. The molecule has 0 saturated carbocycles. The molecule has 0 bridgehead atoms. The largest absolute Gasteiger partial charge is 0.497 e. The highest BCUT2D eigenvalue weighted by atomic mass is 16.5. The highest BCUT2D eigenvalue weighted by Gasteiger charge is 2.17. The van der Waals surface area contributed by atoms with Gasteiger partial charge in [0, 0.05) is 24.8 Å². The number of rotatable bonds is 3. The molecular formula is C17H18N4O2. The van der Waals surface area contributed by atoms with Gasteiger partial charge in [-0.15, -0.1) is 0 Å². The minimum Gasteiger partial charge on any atom is -0.497 e. The predicted octanol–water partition coefficient (Wildman–Crippen LogP) is 2.24. The number of aromatic nitrogens is 3. The van der Waals surface area contributed by atoms with Gasteiger partial charge in [-0.1, -0.05) is 12.1 Å². The molecule has 6 heteroatoms. The Bertz CT molecular complexity index is 824. The SMILES string of the molecule is COc1cccc(-c2cnn3c(N4CCOCC4)ccnc23)c1. The second kappa shape index (κ2) is 5.89. The summed E-state index contributed by atoms with van der Waals surface area (Å²) in [6.45, 7) is 3.22. The topological polar surface area (TPSA) is 51.9 Å². The molecule has 23 heavy (non-hydrogen) atoms. The molecular weight excluding hydrogens is 292 g/mol. The molecule has 1 fully saturated rings. The van der Waals surface area contributed by atoms with E-state index >= 15 is 0 Å². The van der Waals surface area contributed by atoms with Gasteiger partial charge < -0.3 is 14.4 Å². The number of nitrogens with zero attached hydrogens (tertiary/aromatic N) is 4. The van der Waals surface area contributed by atoms with Crippen molar-refractivity contribution in [2.75, 3.05) is 38.3 Å². The van der Waals surface area contributed by atoms with Crippen molar-refractivity contribution in [1.29, 1.82) is 0 Å². The van der Waals surface area contributed by atoms with Crippen LogP contribution in [0.2, 0.25) is 0 Å². The van der Waals surface area contributed by atoms with Crippen LogP contribution in [-0.4, -0.2) is 48.0 Å². The van der Waals surface area contributed by atoms with Crippen LogP contribution < -0.4 is 9.64 Å². The van der Waals surface area contributed by atoms with Crippen molar-refractivity contribution in [2.24, 2.45) is 0 Å². The van der Waals surface area contributed by atoms with Gasteiger partial charge in [0.1, 0.15) is 11.6 Å². The van der Waals surface area contributed by atoms with Crippen LogP contribution >= 0.6 is 0 Å². The Morgan fingerprint density at radius 1 is 1.17 bits per heavy atom. The first kappa shape index (κ1) is 14.0. The molecule has 118 valence electrons. The zero-order chi connectivity index (χ0) is 15.6. The molecule has 0 N–H and O–H groups in total. The van der Waals surface area contributed by atoms with Crippen molar-refractivity contribution >= 4 is 11.5 Å². The van der Waals surface area contributed by atoms with Crippen molar-refractivity contribution in [3.8, 4) is 16.9 Å². The van der Waals surface area contributed by atoms with Gasteiger partial charge in [0.25, 0.3) is 0 Å². The van der Waals surface area contributed by atoms with E-state index in [0.717, 1.165) is 54.6 Å². The maximum Gasteiger partial charge on any atom is 0.165 e. The Balaban J connectivity index is 1.80. The molecule has 3 aromatic rings. The molecule has 0 amide bonds. The summed E-state index contributed by atoms with van der Waals surface area (Å²) in [4.78, 5) is 6.81. The monoisotopic (exact) mass is 310 g/mol. The van der Waals surface area contributed by atoms with Crippen molar-refractivity contribution in [2.45, 2.75) is 0 Å². The Kier molecular flexibility index (Phi) is 3.59. The maximum absolute atomic E-state index is 5.43. The molecule has 4 rings (SSSR count). The third-order valence-electron chi connectivity index (χ3n) is 4.10. The van der Waals surface area contributed by atoms with E-state index in [9.17, 15) is 0 Å². The summed E-state index contributed by atoms with van der Waals surface area (Å²) in [6.07, 6.45) is 3.70. The van der Waals surface area contributed by atoms with Gasteiger partial charge in [-0.2, -0.15) is 9.61 Å². The van der Waals surface area contributed by atoms with E-state index < -0.39 is 0 Å². The number of methoxy groups -OCH3 is 1. The number of hydrogen-bond acceptors (Lipinski definition) is 5. The summed E-state index contributed by atoms with van der Waals surface area (Å²) in [5, 5.41) is 4.56. The van der Waals surface area contributed by atoms with Crippen LogP contribution in [0.15, 0.2) is 42.7 Å². The van der Waals surface area contributed by atoms with E-state index in [2.05, 4.69) is 15.0 Å². The molecule has 1 aromatic carbocycles. The van der Waals surface area contributed by atoms with Crippen LogP contribution in [0.1, 0.15) is 0 Å². The van der Waals surface area contributed by atoms with Crippen LogP contribution in [0.5, 0.6) is 5.75 Å². The second-order valence-corrected chi connectivity index (χ2v) is 5.43. The maximum atomic E-state index is 5.43. The van der Waals surface area contributed by atoms with Crippen molar-refractivity contribution < 1.29 is 9.47 Å². The Hall–Kier alpha value is -2.60. The van der Waals surface area contributed by atoms with Gasteiger partial charge >= 0.3 is 0 Å². The van der Waals surface area contributed by atoms with Gasteiger partial charge in [0.05, 0.1) is 26.5 Å². The van der Waals surface area contributed by atoms with E-state index in [0.29, 0.717) is 0 Å². The van der Waals surface area contributed by atoms with Crippen molar-refractivity contribution in [3.05, 3.63) is 42.7 Å². The first-order valence-electron chi connectivity index (χ1n) is 7.67. The predicted molar refractivity (Wildman–Crippen MR) is 88.0 cm³/mol. The molecule has 1 aliphatic heterocycles. The van der Waals surface area contributed by atoms with Crippen LogP contribution in [0.4, 0.5) is 5.82 Å². The lowest BCUT2D eigenvalue weighted by atomic mass is 10.1. The van der Waals surface area contributed by atoms with Crippen LogP contribution in [-0.2, 0) is 4.74 Å². The zero-order valence-corrected chi connectivity index (χ0v) is 13.0. The Morgan fingerprint density at radius 3 is 2.87 bits per heavy atom. The third kappa shape index (κ3) is 2.51. The second-order valence-electron chi connectivity index (χ2n) is 5.43. The molecule has 0 aliphatic carbocycles. The lowest BCUT2D eigenvalue weighted by Gasteiger charge is -2.28. The number of hydrogen-bond donors (Lipinski definition) is 0. The van der Waals surface area contributed by atoms with Gasteiger partial charge in [0.15, 0.2) is 5.65 Å². The van der Waals surface area contributed by atoms with Crippen molar-refractivity contribution in [3.63, 3.8) is 0 Å². The fraction of sp³-hybridized carbons (Fsp3) is 0.294. The molecule has 2 aromatic heterocycles. The summed E-state index contributed by atoms with van der Waals surface area (Å²) < 4.78 is 12.6. The smallest absolute Gasteiger partial charge is 0.165 e. The first-order chi connectivity index (χ1) is 11.4. The van der Waals surface area contributed by atoms with Crippen molar-refractivity contribution in [1.82, 2.24) is 14.6 Å². The van der Waals surface area contributed by atoms with E-state index in [1.54, 1.807) is 7.11 Å². The van der Waals surface area contributed by atoms with Gasteiger partial charge in [-0.05, 0) is 23.8 Å². The standard InChI is InChI=1S/C17H18N4O2/c1-22-14-4-2-3-13(11-14)15-12-19-21-16(5-6-18-17(15)21)20-7-9-23-10-8-20/h2-6,11-12H,7-10H2,1H3. The number of anilines is 1. The summed E-state index contributed by atoms with van der Waals surface area (Å²) >= 11 is 0. The fourth-order valence-corrected chi connectivity index (χ4v) is 2.91. The molecule has 0 radical (unpaired) electrons. The fourth-order valence-electron chi connectivity index (χ4n) is 2.91. The van der Waals surface area contributed by atoms with Crippen LogP contribution in [0, 0.1) is 0 Å². The lowest BCUT2D eigenvalue weighted by molar-refractivity contribution is 0.122. The van der Waals surface area contributed by atoms with E-state index in [1.165, 1.54) is 0 Å². The molecule has 6 nitrogen and oxygen atoms in total. The number of ether oxygens (including phenoxy) is 2. The molecule has 3 heterocycles. The minimum absolute atomic E-state index is 0.744. The summed E-state index contributed by atoms with van der Waals surface area (Å²) in [7, 11) is 1.67. The highest BCUT2D eigenvalue weighted by molar-refractivity contribution is 5.78. The molecule has 1 saturated heterocycles. The number of benzene rings is 1. The highest BCUT2D eigenvalue weighted by Crippen LogP contribution is 2.28. The van der Waals surface area contributed by atoms with Gasteiger partial charge in [-0.25, -0.2) is 4.98 Å².